The molecule has 1 aliphatic rings. The summed E-state index contributed by atoms with van der Waals surface area (Å²) >= 11 is 6.33. The molecular formula is C35H39ClN4O3. The molecule has 1 saturated heterocycles. The molecule has 0 N–H and O–H groups in total. The fourth-order valence-electron chi connectivity index (χ4n) is 5.99. The van der Waals surface area contributed by atoms with Crippen molar-refractivity contribution in [3.8, 4) is 17.2 Å². The Hall–Kier alpha value is -3.70. The van der Waals surface area contributed by atoms with Crippen LogP contribution < -0.4 is 0 Å². The van der Waals surface area contributed by atoms with Gasteiger partial charge in [-0.15, -0.1) is 0 Å². The number of rotatable bonds is 8. The third-order valence-electron chi connectivity index (χ3n) is 8.10. The van der Waals surface area contributed by atoms with Crippen LogP contribution in [0.5, 0.6) is 0 Å². The lowest BCUT2D eigenvalue weighted by molar-refractivity contribution is -0.156. The standard InChI is InChI=1S/C35H39ClN4O3/c1-22-24(3)39(18-10-17-37)33-29(22)31(26-13-15-27(36)16-14-26)30(23(2)38-33)32(43-35(4,5)6)34(41)40-21-42-20-28(40)19-25-11-8-7-9-12-25/h7-9,11-16,28,32H,10,18-21H2,1-6H3/t28-,32-/m1/s1. The van der Waals surface area contributed by atoms with Crippen LogP contribution in [0.4, 0.5) is 0 Å². The Morgan fingerprint density at radius 2 is 1.84 bits per heavy atom. The average molecular weight is 599 g/mol. The number of nitrogens with zero attached hydrogens (tertiary/aromatic N) is 4. The number of nitriles is 1. The van der Waals surface area contributed by atoms with Crippen molar-refractivity contribution >= 4 is 28.5 Å². The number of carbonyl (C=O) groups is 1. The highest BCUT2D eigenvalue weighted by atomic mass is 35.5. The first-order chi connectivity index (χ1) is 20.5. The van der Waals surface area contributed by atoms with E-state index in [0.717, 1.165) is 44.5 Å². The maximum atomic E-state index is 14.7. The maximum Gasteiger partial charge on any atom is 0.258 e. The SMILES string of the molecule is Cc1nc2c(c(C)c(C)n2CCC#N)c(-c2ccc(Cl)cc2)c1[C@@H](OC(C)(C)C)C(=O)N1COC[C@H]1Cc1ccccc1. The third kappa shape index (κ3) is 6.33. The highest BCUT2D eigenvalue weighted by molar-refractivity contribution is 6.30. The first kappa shape index (κ1) is 30.7. The molecule has 2 aromatic heterocycles. The van der Waals surface area contributed by atoms with E-state index in [4.69, 9.17) is 26.1 Å². The molecule has 0 saturated carbocycles. The lowest BCUT2D eigenvalue weighted by atomic mass is 9.90. The largest absolute Gasteiger partial charge is 0.359 e. The number of pyridine rings is 1. The summed E-state index contributed by atoms with van der Waals surface area (Å²) in [6, 6.07) is 20.0. The van der Waals surface area contributed by atoms with Gasteiger partial charge in [-0.1, -0.05) is 54.1 Å². The van der Waals surface area contributed by atoms with Crippen LogP contribution in [0.3, 0.4) is 0 Å². The summed E-state index contributed by atoms with van der Waals surface area (Å²) in [6.07, 6.45) is 0.133. The summed E-state index contributed by atoms with van der Waals surface area (Å²) in [7, 11) is 0. The van der Waals surface area contributed by atoms with Gasteiger partial charge in [0.15, 0.2) is 6.10 Å². The van der Waals surface area contributed by atoms with Crippen LogP contribution in [0, 0.1) is 32.1 Å². The van der Waals surface area contributed by atoms with Crippen molar-refractivity contribution in [1.82, 2.24) is 14.5 Å². The summed E-state index contributed by atoms with van der Waals surface area (Å²) in [5, 5.41) is 10.9. The number of halogens is 1. The number of fused-ring (bicyclic) bond motifs is 1. The zero-order valence-corrected chi connectivity index (χ0v) is 26.5. The van der Waals surface area contributed by atoms with Crippen LogP contribution in [0.2, 0.25) is 5.02 Å². The predicted molar refractivity (Wildman–Crippen MR) is 170 cm³/mol. The summed E-state index contributed by atoms with van der Waals surface area (Å²) in [5.74, 6) is -0.147. The van der Waals surface area contributed by atoms with E-state index in [-0.39, 0.29) is 18.7 Å². The number of hydrogen-bond acceptors (Lipinski definition) is 5. The molecule has 224 valence electrons. The summed E-state index contributed by atoms with van der Waals surface area (Å²) in [5.41, 5.74) is 6.68. The summed E-state index contributed by atoms with van der Waals surface area (Å²) in [4.78, 5) is 21.6. The second-order valence-electron chi connectivity index (χ2n) is 12.2. The topological polar surface area (TPSA) is 80.4 Å². The Kier molecular flexibility index (Phi) is 8.94. The normalized spacial score (nSPS) is 16.0. The van der Waals surface area contributed by atoms with E-state index in [0.29, 0.717) is 36.7 Å². The van der Waals surface area contributed by atoms with Crippen LogP contribution in [-0.2, 0) is 27.2 Å². The van der Waals surface area contributed by atoms with E-state index in [9.17, 15) is 10.1 Å². The molecule has 1 aliphatic heterocycles. The molecule has 8 heteroatoms. The van der Waals surface area contributed by atoms with Crippen molar-refractivity contribution in [2.75, 3.05) is 13.3 Å². The monoisotopic (exact) mass is 598 g/mol. The van der Waals surface area contributed by atoms with Gasteiger partial charge in [0.1, 0.15) is 12.4 Å². The minimum absolute atomic E-state index is 0.118. The van der Waals surface area contributed by atoms with E-state index in [1.54, 1.807) is 0 Å². The van der Waals surface area contributed by atoms with Gasteiger partial charge in [-0.05, 0) is 76.8 Å². The second kappa shape index (κ2) is 12.5. The Labute approximate surface area is 259 Å². The van der Waals surface area contributed by atoms with Crippen LogP contribution in [0.1, 0.15) is 61.4 Å². The molecule has 43 heavy (non-hydrogen) atoms. The van der Waals surface area contributed by atoms with Gasteiger partial charge in [0.25, 0.3) is 5.91 Å². The Balaban J connectivity index is 1.72. The minimum Gasteiger partial charge on any atom is -0.359 e. The van der Waals surface area contributed by atoms with Crippen molar-refractivity contribution in [2.45, 2.75) is 78.7 Å². The number of benzene rings is 2. The van der Waals surface area contributed by atoms with E-state index in [1.807, 2.05) is 75.1 Å². The van der Waals surface area contributed by atoms with Gasteiger partial charge in [0.05, 0.1) is 30.7 Å². The zero-order chi connectivity index (χ0) is 30.9. The first-order valence-electron chi connectivity index (χ1n) is 14.7. The number of carbonyl (C=O) groups excluding carboxylic acids is 1. The molecule has 3 heterocycles. The van der Waals surface area contributed by atoms with Crippen LogP contribution >= 0.6 is 11.6 Å². The first-order valence-corrected chi connectivity index (χ1v) is 15.1. The second-order valence-corrected chi connectivity index (χ2v) is 12.7. The third-order valence-corrected chi connectivity index (χ3v) is 8.35. The van der Waals surface area contributed by atoms with Crippen molar-refractivity contribution in [3.05, 3.63) is 87.7 Å². The number of ether oxygens (including phenoxy) is 2. The molecule has 2 aromatic carbocycles. The van der Waals surface area contributed by atoms with Crippen molar-refractivity contribution in [3.63, 3.8) is 0 Å². The fourth-order valence-corrected chi connectivity index (χ4v) is 6.11. The van der Waals surface area contributed by atoms with E-state index in [2.05, 4.69) is 36.6 Å². The zero-order valence-electron chi connectivity index (χ0n) is 25.8. The van der Waals surface area contributed by atoms with Gasteiger partial charge >= 0.3 is 0 Å². The Morgan fingerprint density at radius 3 is 2.49 bits per heavy atom. The number of aryl methyl sites for hydroxylation is 3. The molecule has 1 amide bonds. The Morgan fingerprint density at radius 1 is 1.14 bits per heavy atom. The molecule has 5 rings (SSSR count). The van der Waals surface area contributed by atoms with Crippen molar-refractivity contribution in [1.29, 1.82) is 5.26 Å². The lowest BCUT2D eigenvalue weighted by Crippen LogP contribution is -2.43. The predicted octanol–water partition coefficient (Wildman–Crippen LogP) is 7.48. The molecule has 0 aliphatic carbocycles. The molecule has 2 atom stereocenters. The van der Waals surface area contributed by atoms with Gasteiger partial charge in [-0.3, -0.25) is 4.79 Å². The molecule has 0 unspecified atom stereocenters. The molecule has 4 aromatic rings. The van der Waals surface area contributed by atoms with E-state index < -0.39 is 11.7 Å². The van der Waals surface area contributed by atoms with Crippen LogP contribution in [0.15, 0.2) is 54.6 Å². The van der Waals surface area contributed by atoms with E-state index in [1.165, 1.54) is 0 Å². The highest BCUT2D eigenvalue weighted by Crippen LogP contribution is 2.43. The smallest absolute Gasteiger partial charge is 0.258 e. The van der Waals surface area contributed by atoms with Crippen molar-refractivity contribution < 1.29 is 14.3 Å². The average Bonchev–Trinajstić information content (AvgIpc) is 3.52. The summed E-state index contributed by atoms with van der Waals surface area (Å²) in [6.45, 7) is 13.2. The number of amides is 1. The van der Waals surface area contributed by atoms with Gasteiger partial charge in [-0.25, -0.2) is 4.98 Å². The lowest BCUT2D eigenvalue weighted by Gasteiger charge is -2.33. The maximum absolute atomic E-state index is 14.7. The molecule has 0 radical (unpaired) electrons. The van der Waals surface area contributed by atoms with Crippen LogP contribution in [0.25, 0.3) is 22.2 Å². The summed E-state index contributed by atoms with van der Waals surface area (Å²) < 4.78 is 14.7. The fraction of sp³-hybridized carbons (Fsp3) is 0.400. The quantitative estimate of drug-likeness (QED) is 0.210. The van der Waals surface area contributed by atoms with Gasteiger partial charge in [-0.2, -0.15) is 5.26 Å². The highest BCUT2D eigenvalue weighted by Gasteiger charge is 2.40. The van der Waals surface area contributed by atoms with Gasteiger partial charge in [0.2, 0.25) is 0 Å². The number of aromatic nitrogens is 2. The van der Waals surface area contributed by atoms with Crippen LogP contribution in [-0.4, -0.2) is 45.3 Å². The molecule has 0 spiro atoms. The number of hydrogen-bond donors (Lipinski definition) is 0. The van der Waals surface area contributed by atoms with Crippen molar-refractivity contribution in [2.24, 2.45) is 0 Å². The molecular weight excluding hydrogens is 560 g/mol. The van der Waals surface area contributed by atoms with Gasteiger partial charge < -0.3 is 18.9 Å². The minimum atomic E-state index is -0.926. The molecule has 7 nitrogen and oxygen atoms in total. The van der Waals surface area contributed by atoms with E-state index >= 15 is 0 Å². The Bertz CT molecular complexity index is 1670. The molecule has 1 fully saturated rings. The molecule has 0 bridgehead atoms. The van der Waals surface area contributed by atoms with Gasteiger partial charge in [0, 0.05) is 39.5 Å².